The van der Waals surface area contributed by atoms with Gasteiger partial charge in [0.25, 0.3) is 17.5 Å². The monoisotopic (exact) mass is 464 g/mol. The van der Waals surface area contributed by atoms with Crippen LogP contribution in [0.2, 0.25) is 0 Å². The van der Waals surface area contributed by atoms with Crippen LogP contribution in [0.25, 0.3) is 11.8 Å². The quantitative estimate of drug-likeness (QED) is 0.207. The second-order valence-corrected chi connectivity index (χ2v) is 7.73. The number of non-ortho nitro benzene ring substituents is 1. The van der Waals surface area contributed by atoms with E-state index in [4.69, 9.17) is 12.2 Å². The number of hydrogen-bond acceptors (Lipinski definition) is 5. The number of nitro benzene ring substituents is 1. The molecule has 10 heteroatoms. The highest BCUT2D eigenvalue weighted by Gasteiger charge is 2.35. The molecule has 1 N–H and O–H groups in total. The third-order valence-electron chi connectivity index (χ3n) is 5.26. The number of hydrogen-bond donors (Lipinski definition) is 1. The van der Waals surface area contributed by atoms with Gasteiger partial charge in [0.15, 0.2) is 5.11 Å². The number of benzene rings is 2. The lowest BCUT2D eigenvalue weighted by atomic mass is 10.1. The molecule has 33 heavy (non-hydrogen) atoms. The molecule has 0 bridgehead atoms. The second kappa shape index (κ2) is 8.40. The fourth-order valence-electron chi connectivity index (χ4n) is 3.74. The summed E-state index contributed by atoms with van der Waals surface area (Å²) in [6.07, 6.45) is 1.41. The predicted molar refractivity (Wildman–Crippen MR) is 125 cm³/mol. The van der Waals surface area contributed by atoms with Crippen LogP contribution in [0.15, 0.2) is 60.2 Å². The van der Waals surface area contributed by atoms with Crippen molar-refractivity contribution in [1.29, 1.82) is 0 Å². The Labute approximate surface area is 193 Å². The van der Waals surface area contributed by atoms with Crippen molar-refractivity contribution >= 4 is 46.6 Å². The molecule has 0 aliphatic carbocycles. The molecule has 0 spiro atoms. The molecule has 0 unspecified atom stereocenters. The van der Waals surface area contributed by atoms with Gasteiger partial charge < -0.3 is 4.57 Å². The van der Waals surface area contributed by atoms with Crippen LogP contribution in [-0.2, 0) is 9.59 Å². The Morgan fingerprint density at radius 1 is 1.09 bits per heavy atom. The molecular weight excluding hydrogens is 447 g/mol. The number of nitrogens with zero attached hydrogens (tertiary/aromatic N) is 3. The number of nitrogens with one attached hydrogen (secondary N) is 1. The first kappa shape index (κ1) is 22.0. The van der Waals surface area contributed by atoms with Gasteiger partial charge in [0.05, 0.1) is 16.3 Å². The molecule has 1 aliphatic heterocycles. The number of thiocarbonyl (C=S) groups is 1. The largest absolute Gasteiger partial charge is 0.318 e. The van der Waals surface area contributed by atoms with Crippen LogP contribution < -0.4 is 10.2 Å². The maximum absolute atomic E-state index is 14.3. The number of amides is 2. The molecule has 166 valence electrons. The van der Waals surface area contributed by atoms with Crippen molar-refractivity contribution in [3.63, 3.8) is 0 Å². The predicted octanol–water partition coefficient (Wildman–Crippen LogP) is 3.97. The van der Waals surface area contributed by atoms with E-state index in [0.717, 1.165) is 10.6 Å². The zero-order chi connectivity index (χ0) is 23.9. The van der Waals surface area contributed by atoms with Crippen LogP contribution in [-0.4, -0.2) is 26.4 Å². The first-order valence-electron chi connectivity index (χ1n) is 9.79. The Hall–Kier alpha value is -4.18. The number of aromatic nitrogens is 1. The lowest BCUT2D eigenvalue weighted by Gasteiger charge is -2.29. The van der Waals surface area contributed by atoms with E-state index in [9.17, 15) is 24.1 Å². The lowest BCUT2D eigenvalue weighted by molar-refractivity contribution is -0.384. The SMILES string of the molecule is Cc1cc(/C=C2/C(=O)NC(=S)N(c3ccccc3F)C2=O)c(C)n1-c1cccc([N+](=O)[O-])c1. The smallest absolute Gasteiger partial charge is 0.271 e. The molecule has 1 fully saturated rings. The third kappa shape index (κ3) is 3.92. The van der Waals surface area contributed by atoms with Crippen LogP contribution >= 0.6 is 12.2 Å². The Morgan fingerprint density at radius 3 is 2.52 bits per heavy atom. The van der Waals surface area contributed by atoms with Crippen molar-refractivity contribution in [2.45, 2.75) is 13.8 Å². The number of anilines is 1. The summed E-state index contributed by atoms with van der Waals surface area (Å²) >= 11 is 5.11. The molecule has 3 aromatic rings. The number of halogens is 1. The van der Waals surface area contributed by atoms with Gasteiger partial charge in [0.1, 0.15) is 11.4 Å². The Morgan fingerprint density at radius 2 is 1.82 bits per heavy atom. The van der Waals surface area contributed by atoms with Gasteiger partial charge in [0.2, 0.25) is 0 Å². The number of aryl methyl sites for hydroxylation is 1. The zero-order valence-electron chi connectivity index (χ0n) is 17.5. The second-order valence-electron chi connectivity index (χ2n) is 7.35. The molecule has 2 aromatic carbocycles. The summed E-state index contributed by atoms with van der Waals surface area (Å²) in [4.78, 5) is 37.4. The highest BCUT2D eigenvalue weighted by Crippen LogP contribution is 2.28. The van der Waals surface area contributed by atoms with E-state index in [0.29, 0.717) is 16.9 Å². The summed E-state index contributed by atoms with van der Waals surface area (Å²) in [5.74, 6) is -2.11. The van der Waals surface area contributed by atoms with Crippen molar-refractivity contribution in [3.8, 4) is 5.69 Å². The fourth-order valence-corrected chi connectivity index (χ4v) is 4.02. The number of carbonyl (C=O) groups is 2. The summed E-state index contributed by atoms with van der Waals surface area (Å²) in [5, 5.41) is 13.4. The minimum Gasteiger partial charge on any atom is -0.318 e. The van der Waals surface area contributed by atoms with Gasteiger partial charge >= 0.3 is 0 Å². The van der Waals surface area contributed by atoms with E-state index < -0.39 is 22.6 Å². The molecular formula is C23H17FN4O4S. The normalized spacial score (nSPS) is 15.2. The Bertz CT molecular complexity index is 1380. The first-order chi connectivity index (χ1) is 15.7. The summed E-state index contributed by atoms with van der Waals surface area (Å²) in [6, 6.07) is 13.5. The highest BCUT2D eigenvalue weighted by atomic mass is 32.1. The van der Waals surface area contributed by atoms with E-state index >= 15 is 0 Å². The van der Waals surface area contributed by atoms with Gasteiger partial charge in [-0.1, -0.05) is 18.2 Å². The van der Waals surface area contributed by atoms with Crippen LogP contribution in [0.5, 0.6) is 0 Å². The van der Waals surface area contributed by atoms with Crippen molar-refractivity contribution in [2.75, 3.05) is 4.90 Å². The average molecular weight is 464 g/mol. The van der Waals surface area contributed by atoms with Crippen molar-refractivity contribution < 1.29 is 18.9 Å². The van der Waals surface area contributed by atoms with Crippen LogP contribution in [0.3, 0.4) is 0 Å². The molecule has 2 amide bonds. The molecule has 8 nitrogen and oxygen atoms in total. The molecule has 0 saturated carbocycles. The minimum atomic E-state index is -0.756. The van der Waals surface area contributed by atoms with E-state index in [1.165, 1.54) is 36.4 Å². The maximum atomic E-state index is 14.3. The molecule has 0 radical (unpaired) electrons. The molecule has 4 rings (SSSR count). The average Bonchev–Trinajstić information content (AvgIpc) is 3.05. The number of rotatable bonds is 4. The van der Waals surface area contributed by atoms with Crippen molar-refractivity contribution in [2.24, 2.45) is 0 Å². The van der Waals surface area contributed by atoms with Gasteiger partial charge in [0, 0.05) is 23.5 Å². The molecule has 1 saturated heterocycles. The zero-order valence-corrected chi connectivity index (χ0v) is 18.4. The number of nitro groups is 1. The number of carbonyl (C=O) groups excluding carboxylic acids is 2. The number of para-hydroxylation sites is 1. The summed E-state index contributed by atoms with van der Waals surface area (Å²) < 4.78 is 16.1. The molecule has 0 atom stereocenters. The molecule has 2 heterocycles. The summed E-state index contributed by atoms with van der Waals surface area (Å²) in [6.45, 7) is 3.57. The highest BCUT2D eigenvalue weighted by molar-refractivity contribution is 7.80. The maximum Gasteiger partial charge on any atom is 0.271 e. The molecule has 1 aliphatic rings. The fraction of sp³-hybridized carbons (Fsp3) is 0.0870. The summed E-state index contributed by atoms with van der Waals surface area (Å²) in [5.41, 5.74) is 2.18. The molecule has 1 aromatic heterocycles. The van der Waals surface area contributed by atoms with Crippen LogP contribution in [0.1, 0.15) is 17.0 Å². The van der Waals surface area contributed by atoms with Crippen LogP contribution in [0, 0.1) is 29.8 Å². The van der Waals surface area contributed by atoms with Crippen molar-refractivity contribution in [3.05, 3.63) is 93.1 Å². The van der Waals surface area contributed by atoms with Crippen molar-refractivity contribution in [1.82, 2.24) is 9.88 Å². The van der Waals surface area contributed by atoms with Gasteiger partial charge in [-0.2, -0.15) is 0 Å². The Balaban J connectivity index is 1.78. The minimum absolute atomic E-state index is 0.0595. The Kier molecular flexibility index (Phi) is 5.60. The van der Waals surface area contributed by atoms with Gasteiger partial charge in [-0.05, 0) is 62.0 Å². The lowest BCUT2D eigenvalue weighted by Crippen LogP contribution is -2.54. The summed E-state index contributed by atoms with van der Waals surface area (Å²) in [7, 11) is 0. The van der Waals surface area contributed by atoms with E-state index in [1.54, 1.807) is 42.7 Å². The van der Waals surface area contributed by atoms with E-state index in [1.807, 2.05) is 0 Å². The van der Waals surface area contributed by atoms with Gasteiger partial charge in [-0.15, -0.1) is 0 Å². The van der Waals surface area contributed by atoms with E-state index in [-0.39, 0.29) is 22.1 Å². The standard InChI is InChI=1S/C23H17FN4O4S/c1-13-10-15(14(2)26(13)16-6-5-7-17(12-16)28(31)32)11-18-21(29)25-23(33)27(22(18)30)20-9-4-3-8-19(20)24/h3-12H,1-2H3,(H,25,29,33)/b18-11-. The van der Waals surface area contributed by atoms with Gasteiger partial charge in [-0.25, -0.2) is 9.29 Å². The van der Waals surface area contributed by atoms with Crippen LogP contribution in [0.4, 0.5) is 15.8 Å². The van der Waals surface area contributed by atoms with E-state index in [2.05, 4.69) is 5.32 Å². The van der Waals surface area contributed by atoms with Gasteiger partial charge in [-0.3, -0.25) is 25.0 Å². The third-order valence-corrected chi connectivity index (χ3v) is 5.55. The topological polar surface area (TPSA) is 97.5 Å². The first-order valence-corrected chi connectivity index (χ1v) is 10.2.